The van der Waals surface area contributed by atoms with Crippen LogP contribution in [0.5, 0.6) is 0 Å². The van der Waals surface area contributed by atoms with Crippen molar-refractivity contribution in [3.05, 3.63) is 71.8 Å². The fourth-order valence-corrected chi connectivity index (χ4v) is 2.68. The molecule has 0 spiro atoms. The molecule has 2 aromatic carbocycles. The van der Waals surface area contributed by atoms with Gasteiger partial charge in [0.15, 0.2) is 6.29 Å². The summed E-state index contributed by atoms with van der Waals surface area (Å²) in [6.45, 7) is 0.243. The molecule has 1 aliphatic rings. The summed E-state index contributed by atoms with van der Waals surface area (Å²) in [5, 5.41) is 0. The van der Waals surface area contributed by atoms with Gasteiger partial charge in [0.2, 0.25) is 5.78 Å². The van der Waals surface area contributed by atoms with Crippen molar-refractivity contribution >= 4 is 12.1 Å². The second-order valence-corrected chi connectivity index (χ2v) is 5.19. The highest BCUT2D eigenvalue weighted by Crippen LogP contribution is 2.37. The van der Waals surface area contributed by atoms with Gasteiger partial charge in [0.05, 0.1) is 13.2 Å². The van der Waals surface area contributed by atoms with Crippen molar-refractivity contribution in [2.75, 3.05) is 13.2 Å². The SMILES string of the molecule is O=CC(=O)C1COC(c2ccccc2)(c2ccccc2)CO1. The van der Waals surface area contributed by atoms with Gasteiger partial charge >= 0.3 is 0 Å². The number of rotatable bonds is 4. The number of Topliss-reactive ketones (excluding diaryl/α,β-unsaturated/α-hetero) is 1. The molecular formula is C18H16O4. The molecule has 0 radical (unpaired) electrons. The fraction of sp³-hybridized carbons (Fsp3) is 0.222. The molecule has 1 heterocycles. The summed E-state index contributed by atoms with van der Waals surface area (Å²) in [6.07, 6.45) is -0.537. The van der Waals surface area contributed by atoms with Crippen LogP contribution < -0.4 is 0 Å². The van der Waals surface area contributed by atoms with Gasteiger partial charge in [-0.05, 0) is 11.1 Å². The van der Waals surface area contributed by atoms with Gasteiger partial charge in [0.1, 0.15) is 11.7 Å². The van der Waals surface area contributed by atoms with Crippen molar-refractivity contribution < 1.29 is 19.1 Å². The second kappa shape index (κ2) is 6.22. The number of benzene rings is 2. The maximum Gasteiger partial charge on any atom is 0.226 e. The molecule has 2 aromatic rings. The van der Waals surface area contributed by atoms with E-state index in [0.717, 1.165) is 11.1 Å². The Bertz CT molecular complexity index is 602. The second-order valence-electron chi connectivity index (χ2n) is 5.19. The standard InChI is InChI=1S/C18H16O4/c19-11-16(20)17-12-22-18(13-21-17,14-7-3-1-4-8-14)15-9-5-2-6-10-15/h1-11,17H,12-13H2. The van der Waals surface area contributed by atoms with E-state index in [1.165, 1.54) is 0 Å². The average Bonchev–Trinajstić information content (AvgIpc) is 2.62. The highest BCUT2D eigenvalue weighted by atomic mass is 16.6. The zero-order valence-electron chi connectivity index (χ0n) is 12.0. The Balaban J connectivity index is 1.97. The largest absolute Gasteiger partial charge is 0.364 e. The Kier molecular flexibility index (Phi) is 4.13. The molecule has 1 aliphatic heterocycles. The summed E-state index contributed by atoms with van der Waals surface area (Å²) in [5.41, 5.74) is 1.15. The minimum absolute atomic E-state index is 0.0569. The van der Waals surface area contributed by atoms with Crippen molar-refractivity contribution in [1.29, 1.82) is 0 Å². The molecule has 22 heavy (non-hydrogen) atoms. The molecule has 0 aliphatic carbocycles. The minimum Gasteiger partial charge on any atom is -0.364 e. The topological polar surface area (TPSA) is 52.6 Å². The molecule has 0 N–H and O–H groups in total. The Hall–Kier alpha value is -2.30. The minimum atomic E-state index is -0.821. The van der Waals surface area contributed by atoms with E-state index in [1.54, 1.807) is 0 Å². The molecule has 112 valence electrons. The summed E-state index contributed by atoms with van der Waals surface area (Å²) in [6, 6.07) is 19.5. The first-order valence-electron chi connectivity index (χ1n) is 7.12. The van der Waals surface area contributed by atoms with E-state index in [-0.39, 0.29) is 19.5 Å². The molecule has 1 unspecified atom stereocenters. The van der Waals surface area contributed by atoms with E-state index in [1.807, 2.05) is 60.7 Å². The van der Waals surface area contributed by atoms with Gasteiger partial charge in [-0.2, -0.15) is 0 Å². The number of hydrogen-bond donors (Lipinski definition) is 0. The monoisotopic (exact) mass is 296 g/mol. The maximum absolute atomic E-state index is 11.5. The summed E-state index contributed by atoms with van der Waals surface area (Å²) in [4.78, 5) is 22.1. The van der Waals surface area contributed by atoms with Crippen LogP contribution >= 0.6 is 0 Å². The quantitative estimate of drug-likeness (QED) is 0.640. The van der Waals surface area contributed by atoms with E-state index in [9.17, 15) is 9.59 Å². The van der Waals surface area contributed by atoms with Gasteiger partial charge in [0, 0.05) is 0 Å². The van der Waals surface area contributed by atoms with Gasteiger partial charge in [-0.3, -0.25) is 9.59 Å². The van der Waals surface area contributed by atoms with Crippen LogP contribution in [0.2, 0.25) is 0 Å². The third-order valence-corrected chi connectivity index (χ3v) is 3.88. The number of ether oxygens (including phenoxy) is 2. The van der Waals surface area contributed by atoms with Gasteiger partial charge in [-0.25, -0.2) is 0 Å². The molecule has 1 saturated heterocycles. The molecule has 4 heteroatoms. The van der Waals surface area contributed by atoms with Gasteiger partial charge in [-0.15, -0.1) is 0 Å². The van der Waals surface area contributed by atoms with Crippen LogP contribution in [0, 0.1) is 0 Å². The van der Waals surface area contributed by atoms with Crippen molar-refractivity contribution in [1.82, 2.24) is 0 Å². The van der Waals surface area contributed by atoms with Crippen LogP contribution in [0.3, 0.4) is 0 Å². The molecule has 1 fully saturated rings. The lowest BCUT2D eigenvalue weighted by Crippen LogP contribution is -2.48. The van der Waals surface area contributed by atoms with Crippen LogP contribution in [0.25, 0.3) is 0 Å². The Labute approximate surface area is 128 Å². The first kappa shape index (κ1) is 14.6. The van der Waals surface area contributed by atoms with Crippen molar-refractivity contribution in [3.63, 3.8) is 0 Å². The summed E-state index contributed by atoms with van der Waals surface area (Å²) in [5.74, 6) is -0.588. The predicted molar refractivity (Wildman–Crippen MR) is 80.4 cm³/mol. The molecule has 1 atom stereocenters. The highest BCUT2D eigenvalue weighted by Gasteiger charge is 2.42. The van der Waals surface area contributed by atoms with E-state index < -0.39 is 17.5 Å². The number of carbonyl (C=O) groups is 2. The summed E-state index contributed by atoms with van der Waals surface area (Å²) < 4.78 is 11.7. The third-order valence-electron chi connectivity index (χ3n) is 3.88. The Morgan fingerprint density at radius 1 is 1.00 bits per heavy atom. The lowest BCUT2D eigenvalue weighted by atomic mass is 9.86. The third kappa shape index (κ3) is 2.58. The molecular weight excluding hydrogens is 280 g/mol. The van der Waals surface area contributed by atoms with Gasteiger partial charge in [0.25, 0.3) is 0 Å². The van der Waals surface area contributed by atoms with Crippen molar-refractivity contribution in [3.8, 4) is 0 Å². The van der Waals surface area contributed by atoms with Crippen LogP contribution in [0.1, 0.15) is 11.1 Å². The van der Waals surface area contributed by atoms with Crippen molar-refractivity contribution in [2.24, 2.45) is 0 Å². The maximum atomic E-state index is 11.5. The molecule has 4 nitrogen and oxygen atoms in total. The molecule has 0 amide bonds. The van der Waals surface area contributed by atoms with Crippen molar-refractivity contribution in [2.45, 2.75) is 11.7 Å². The van der Waals surface area contributed by atoms with E-state index in [0.29, 0.717) is 0 Å². The summed E-state index contributed by atoms with van der Waals surface area (Å²) in [7, 11) is 0. The lowest BCUT2D eigenvalue weighted by Gasteiger charge is -2.40. The number of ketones is 1. The van der Waals surface area contributed by atoms with E-state index >= 15 is 0 Å². The lowest BCUT2D eigenvalue weighted by molar-refractivity contribution is -0.183. The Morgan fingerprint density at radius 2 is 1.55 bits per heavy atom. The zero-order chi connectivity index (χ0) is 15.4. The normalized spacial score (nSPS) is 20.3. The average molecular weight is 296 g/mol. The molecule has 0 saturated carbocycles. The predicted octanol–water partition coefficient (Wildman–Crippen LogP) is 2.11. The molecule has 0 bridgehead atoms. The molecule has 0 aromatic heterocycles. The summed E-state index contributed by atoms with van der Waals surface area (Å²) >= 11 is 0. The van der Waals surface area contributed by atoms with E-state index in [2.05, 4.69) is 0 Å². The van der Waals surface area contributed by atoms with Crippen LogP contribution in [-0.2, 0) is 24.7 Å². The van der Waals surface area contributed by atoms with E-state index in [4.69, 9.17) is 9.47 Å². The smallest absolute Gasteiger partial charge is 0.226 e. The van der Waals surface area contributed by atoms with Crippen LogP contribution in [0.15, 0.2) is 60.7 Å². The highest BCUT2D eigenvalue weighted by molar-refractivity contribution is 6.27. The van der Waals surface area contributed by atoms with Gasteiger partial charge < -0.3 is 9.47 Å². The Morgan fingerprint density at radius 3 is 1.95 bits per heavy atom. The van der Waals surface area contributed by atoms with Crippen LogP contribution in [0.4, 0.5) is 0 Å². The first-order valence-corrected chi connectivity index (χ1v) is 7.12. The zero-order valence-corrected chi connectivity index (χ0v) is 12.0. The molecule has 3 rings (SSSR count). The number of aldehydes is 1. The van der Waals surface area contributed by atoms with Crippen LogP contribution in [-0.4, -0.2) is 31.4 Å². The number of hydrogen-bond acceptors (Lipinski definition) is 4. The number of carbonyl (C=O) groups excluding carboxylic acids is 2. The fourth-order valence-electron chi connectivity index (χ4n) is 2.68. The van der Waals surface area contributed by atoms with Gasteiger partial charge in [-0.1, -0.05) is 60.7 Å². The first-order chi connectivity index (χ1) is 10.8.